The molecule has 42 heavy (non-hydrogen) atoms. The number of amides is 2. The minimum absolute atomic E-state index is 0.0459. The fourth-order valence-electron chi connectivity index (χ4n) is 6.66. The van der Waals surface area contributed by atoms with Gasteiger partial charge in [-0.3, -0.25) is 14.4 Å². The monoisotopic (exact) mass is 586 g/mol. The van der Waals surface area contributed by atoms with Crippen molar-refractivity contribution in [2.24, 2.45) is 23.2 Å². The van der Waals surface area contributed by atoms with Crippen molar-refractivity contribution in [3.8, 4) is 0 Å². The summed E-state index contributed by atoms with van der Waals surface area (Å²) in [5.41, 5.74) is -1.49. The summed E-state index contributed by atoms with van der Waals surface area (Å²) in [6.45, 7) is 14.8. The van der Waals surface area contributed by atoms with Crippen molar-refractivity contribution in [1.82, 2.24) is 10.6 Å². The van der Waals surface area contributed by atoms with Gasteiger partial charge >= 0.3 is 5.97 Å². The Balaban J connectivity index is 1.94. The van der Waals surface area contributed by atoms with E-state index in [1.54, 1.807) is 0 Å². The van der Waals surface area contributed by atoms with Crippen LogP contribution in [0.15, 0.2) is 30.3 Å². The lowest BCUT2D eigenvalue weighted by atomic mass is 9.59. The molecule has 0 spiro atoms. The van der Waals surface area contributed by atoms with E-state index in [2.05, 4.69) is 31.4 Å². The number of aliphatic hydroxyl groups is 1. The van der Waals surface area contributed by atoms with Crippen LogP contribution < -0.4 is 10.6 Å². The molecule has 3 N–H and O–H groups in total. The highest BCUT2D eigenvalue weighted by atomic mass is 16.5. The molecule has 238 valence electrons. The van der Waals surface area contributed by atoms with E-state index in [0.29, 0.717) is 44.6 Å². The highest BCUT2D eigenvalue weighted by Crippen LogP contribution is 2.47. The number of esters is 1. The number of ether oxygens (including phenoxy) is 1. The molecule has 1 aromatic carbocycles. The van der Waals surface area contributed by atoms with Gasteiger partial charge in [0.1, 0.15) is 6.61 Å². The standard InChI is InChI=1S/C35H58N2O5/c1-26(2)24-34(7,37-32(40)33(4,5)6)35(41,29-19-12-9-13-20-29)27(3)16-14-21-30(38)36-23-15-22-31(39)42-25-28-17-10-8-11-18-28/h8,10-11,17-18,26-27,29,41H,9,12-16,19-25H2,1-7H3,(H,36,38)(H,37,40)/t27-,34?,35?/m0/s1. The van der Waals surface area contributed by atoms with E-state index in [1.165, 1.54) is 6.42 Å². The Labute approximate surface area is 255 Å². The van der Waals surface area contributed by atoms with Gasteiger partial charge in [0, 0.05) is 24.8 Å². The molecule has 0 aliphatic heterocycles. The molecule has 1 aliphatic rings. The van der Waals surface area contributed by atoms with E-state index < -0.39 is 16.6 Å². The lowest BCUT2D eigenvalue weighted by molar-refractivity contribution is -0.159. The number of rotatable bonds is 16. The van der Waals surface area contributed by atoms with Crippen LogP contribution in [0.3, 0.4) is 0 Å². The normalized spacial score (nSPS) is 18.0. The Bertz CT molecular complexity index is 983. The summed E-state index contributed by atoms with van der Waals surface area (Å²) < 4.78 is 5.30. The Hall–Kier alpha value is -2.41. The lowest BCUT2D eigenvalue weighted by Gasteiger charge is -2.55. The van der Waals surface area contributed by atoms with Crippen LogP contribution in [0.25, 0.3) is 0 Å². The number of carbonyl (C=O) groups excluding carboxylic acids is 3. The molecule has 2 rings (SSSR count). The van der Waals surface area contributed by atoms with Crippen LogP contribution in [-0.2, 0) is 25.7 Å². The Morgan fingerprint density at radius 2 is 1.60 bits per heavy atom. The van der Waals surface area contributed by atoms with E-state index in [4.69, 9.17) is 4.74 Å². The molecule has 0 heterocycles. The number of benzene rings is 1. The van der Waals surface area contributed by atoms with Gasteiger partial charge in [-0.1, -0.05) is 91.1 Å². The maximum absolute atomic E-state index is 13.3. The molecular formula is C35H58N2O5. The van der Waals surface area contributed by atoms with Crippen molar-refractivity contribution in [3.05, 3.63) is 35.9 Å². The molecule has 1 aromatic rings. The average Bonchev–Trinajstić information content (AvgIpc) is 2.93. The van der Waals surface area contributed by atoms with Crippen molar-refractivity contribution < 1.29 is 24.2 Å². The summed E-state index contributed by atoms with van der Waals surface area (Å²) in [4.78, 5) is 37.9. The van der Waals surface area contributed by atoms with Crippen LogP contribution in [0.1, 0.15) is 125 Å². The molecule has 0 aromatic heterocycles. The molecule has 0 radical (unpaired) electrons. The summed E-state index contributed by atoms with van der Waals surface area (Å²) in [7, 11) is 0. The van der Waals surface area contributed by atoms with Crippen LogP contribution >= 0.6 is 0 Å². The molecule has 1 fully saturated rings. The molecule has 0 bridgehead atoms. The molecule has 1 aliphatic carbocycles. The fraction of sp³-hybridized carbons (Fsp3) is 0.743. The Morgan fingerprint density at radius 3 is 2.19 bits per heavy atom. The van der Waals surface area contributed by atoms with Crippen molar-refractivity contribution >= 4 is 17.8 Å². The predicted octanol–water partition coefficient (Wildman–Crippen LogP) is 6.71. The average molecular weight is 587 g/mol. The second-order valence-corrected chi connectivity index (χ2v) is 14.2. The minimum Gasteiger partial charge on any atom is -0.461 e. The van der Waals surface area contributed by atoms with Gasteiger partial charge in [-0.15, -0.1) is 0 Å². The highest BCUT2D eigenvalue weighted by molar-refractivity contribution is 5.82. The summed E-state index contributed by atoms with van der Waals surface area (Å²) in [6, 6.07) is 9.56. The Kier molecular flexibility index (Phi) is 14.0. The smallest absolute Gasteiger partial charge is 0.306 e. The van der Waals surface area contributed by atoms with E-state index in [9.17, 15) is 19.5 Å². The minimum atomic E-state index is -1.09. The third kappa shape index (κ3) is 10.7. The first-order valence-corrected chi connectivity index (χ1v) is 16.2. The number of hydrogen-bond acceptors (Lipinski definition) is 5. The van der Waals surface area contributed by atoms with Gasteiger partial charge in [-0.2, -0.15) is 0 Å². The van der Waals surface area contributed by atoms with Gasteiger partial charge in [-0.05, 0) is 68.8 Å². The van der Waals surface area contributed by atoms with Crippen LogP contribution in [0, 0.1) is 23.2 Å². The molecule has 7 heteroatoms. The first-order chi connectivity index (χ1) is 19.7. The summed E-state index contributed by atoms with van der Waals surface area (Å²) in [6.07, 6.45) is 8.42. The maximum atomic E-state index is 13.3. The summed E-state index contributed by atoms with van der Waals surface area (Å²) in [5.74, 6) is -0.0779. The van der Waals surface area contributed by atoms with E-state index in [1.807, 2.05) is 58.0 Å². The van der Waals surface area contributed by atoms with Gasteiger partial charge in [0.2, 0.25) is 11.8 Å². The van der Waals surface area contributed by atoms with Crippen LogP contribution in [-0.4, -0.2) is 40.6 Å². The van der Waals surface area contributed by atoms with E-state index in [0.717, 1.165) is 31.2 Å². The molecule has 2 unspecified atom stereocenters. The van der Waals surface area contributed by atoms with Crippen LogP contribution in [0.2, 0.25) is 0 Å². The SMILES string of the molecule is CC(C)CC(C)(NC(=O)C(C)(C)C)C(O)(C1CCCCC1)[C@@H](C)CCCC(=O)NCCCC(=O)OCc1ccccc1. The van der Waals surface area contributed by atoms with Gasteiger partial charge in [-0.25, -0.2) is 0 Å². The molecule has 2 amide bonds. The summed E-state index contributed by atoms with van der Waals surface area (Å²) in [5, 5.41) is 19.0. The van der Waals surface area contributed by atoms with Gasteiger partial charge in [0.25, 0.3) is 0 Å². The number of carbonyl (C=O) groups is 3. The summed E-state index contributed by atoms with van der Waals surface area (Å²) >= 11 is 0. The van der Waals surface area contributed by atoms with Gasteiger partial charge in [0.05, 0.1) is 11.1 Å². The molecule has 7 nitrogen and oxygen atoms in total. The van der Waals surface area contributed by atoms with Crippen molar-refractivity contribution in [3.63, 3.8) is 0 Å². The van der Waals surface area contributed by atoms with Crippen molar-refractivity contribution in [2.45, 2.75) is 137 Å². The molecular weight excluding hydrogens is 528 g/mol. The van der Waals surface area contributed by atoms with Gasteiger partial charge in [0.15, 0.2) is 0 Å². The lowest BCUT2D eigenvalue weighted by Crippen LogP contribution is -2.70. The highest BCUT2D eigenvalue weighted by Gasteiger charge is 2.56. The third-order valence-electron chi connectivity index (χ3n) is 8.91. The van der Waals surface area contributed by atoms with Gasteiger partial charge < -0.3 is 20.5 Å². The second-order valence-electron chi connectivity index (χ2n) is 14.2. The molecule has 0 saturated heterocycles. The predicted molar refractivity (Wildman–Crippen MR) is 168 cm³/mol. The molecule has 3 atom stereocenters. The maximum Gasteiger partial charge on any atom is 0.306 e. The van der Waals surface area contributed by atoms with Crippen LogP contribution in [0.5, 0.6) is 0 Å². The van der Waals surface area contributed by atoms with Crippen molar-refractivity contribution in [2.75, 3.05) is 6.54 Å². The quantitative estimate of drug-likeness (QED) is 0.147. The topological polar surface area (TPSA) is 105 Å². The molecule has 1 saturated carbocycles. The van der Waals surface area contributed by atoms with E-state index in [-0.39, 0.29) is 42.6 Å². The first-order valence-electron chi connectivity index (χ1n) is 16.2. The van der Waals surface area contributed by atoms with Crippen LogP contribution in [0.4, 0.5) is 0 Å². The zero-order chi connectivity index (χ0) is 31.4. The zero-order valence-electron chi connectivity index (χ0n) is 27.4. The number of nitrogens with one attached hydrogen (secondary N) is 2. The second kappa shape index (κ2) is 16.4. The Morgan fingerprint density at radius 1 is 0.952 bits per heavy atom. The zero-order valence-corrected chi connectivity index (χ0v) is 27.4. The third-order valence-corrected chi connectivity index (χ3v) is 8.91. The number of hydrogen-bond donors (Lipinski definition) is 3. The largest absolute Gasteiger partial charge is 0.461 e. The first kappa shape index (κ1) is 35.8. The fourth-order valence-corrected chi connectivity index (χ4v) is 6.66. The van der Waals surface area contributed by atoms with Crippen molar-refractivity contribution in [1.29, 1.82) is 0 Å². The van der Waals surface area contributed by atoms with E-state index >= 15 is 0 Å².